The van der Waals surface area contributed by atoms with Gasteiger partial charge >= 0.3 is 0 Å². The lowest BCUT2D eigenvalue weighted by atomic mass is 10.2. The van der Waals surface area contributed by atoms with Gasteiger partial charge in [-0.25, -0.2) is 4.98 Å². The van der Waals surface area contributed by atoms with Gasteiger partial charge in [0.15, 0.2) is 0 Å². The molecule has 88 valence electrons. The average molecular weight is 222 g/mol. The van der Waals surface area contributed by atoms with Gasteiger partial charge < -0.3 is 14.8 Å². The minimum Gasteiger partial charge on any atom is -0.370 e. The van der Waals surface area contributed by atoms with Crippen LogP contribution in [0.3, 0.4) is 0 Å². The van der Waals surface area contributed by atoms with E-state index in [1.807, 2.05) is 18.2 Å². The van der Waals surface area contributed by atoms with Gasteiger partial charge in [0.1, 0.15) is 5.82 Å². The zero-order valence-corrected chi connectivity index (χ0v) is 9.77. The zero-order chi connectivity index (χ0) is 11.4. The lowest BCUT2D eigenvalue weighted by molar-refractivity contribution is -0.0471. The van der Waals surface area contributed by atoms with E-state index in [9.17, 15) is 0 Å². The van der Waals surface area contributed by atoms with Crippen molar-refractivity contribution in [3.8, 4) is 0 Å². The van der Waals surface area contributed by atoms with E-state index in [2.05, 4.69) is 24.1 Å². The summed E-state index contributed by atoms with van der Waals surface area (Å²) in [6, 6.07) is 5.85. The third-order valence-electron chi connectivity index (χ3n) is 2.33. The first kappa shape index (κ1) is 11.4. The third-order valence-corrected chi connectivity index (χ3v) is 2.33. The minimum absolute atomic E-state index is 0.291. The first-order valence-electron chi connectivity index (χ1n) is 5.70. The van der Waals surface area contributed by atoms with E-state index >= 15 is 0 Å². The Hall–Kier alpha value is -1.13. The number of hydrogen-bond acceptors (Lipinski definition) is 4. The normalized spacial score (nSPS) is 16.9. The molecule has 1 N–H and O–H groups in total. The highest BCUT2D eigenvalue weighted by Crippen LogP contribution is 2.22. The molecule has 0 atom stereocenters. The monoisotopic (exact) mass is 222 g/mol. The van der Waals surface area contributed by atoms with Gasteiger partial charge in [0.25, 0.3) is 0 Å². The fourth-order valence-corrected chi connectivity index (χ4v) is 1.52. The second kappa shape index (κ2) is 5.27. The van der Waals surface area contributed by atoms with Crippen LogP contribution in [0.25, 0.3) is 0 Å². The van der Waals surface area contributed by atoms with E-state index in [4.69, 9.17) is 9.47 Å². The van der Waals surface area contributed by atoms with E-state index in [1.165, 1.54) is 0 Å². The molecule has 0 saturated carbocycles. The molecule has 0 aliphatic carbocycles. The van der Waals surface area contributed by atoms with Gasteiger partial charge in [0, 0.05) is 6.54 Å². The summed E-state index contributed by atoms with van der Waals surface area (Å²) in [4.78, 5) is 4.47. The van der Waals surface area contributed by atoms with Crippen molar-refractivity contribution in [2.75, 3.05) is 25.1 Å². The number of nitrogens with zero attached hydrogens (tertiary/aromatic N) is 1. The van der Waals surface area contributed by atoms with Crippen LogP contribution in [0.1, 0.15) is 25.8 Å². The molecule has 16 heavy (non-hydrogen) atoms. The average Bonchev–Trinajstić information content (AvgIpc) is 2.80. The maximum atomic E-state index is 5.41. The number of anilines is 1. The molecule has 1 aromatic heterocycles. The van der Waals surface area contributed by atoms with E-state index in [-0.39, 0.29) is 6.29 Å². The SMILES string of the molecule is CC(C)CNc1cccc(C2OCCO2)n1. The molecule has 1 aliphatic heterocycles. The Kier molecular flexibility index (Phi) is 3.74. The zero-order valence-electron chi connectivity index (χ0n) is 9.77. The van der Waals surface area contributed by atoms with Crippen molar-refractivity contribution < 1.29 is 9.47 Å². The number of rotatable bonds is 4. The van der Waals surface area contributed by atoms with Crippen molar-refractivity contribution in [2.45, 2.75) is 20.1 Å². The second-order valence-corrected chi connectivity index (χ2v) is 4.30. The molecule has 4 heteroatoms. The third kappa shape index (κ3) is 2.93. The summed E-state index contributed by atoms with van der Waals surface area (Å²) in [5, 5.41) is 3.29. The Labute approximate surface area is 96.0 Å². The lowest BCUT2D eigenvalue weighted by Gasteiger charge is -2.12. The molecular weight excluding hydrogens is 204 g/mol. The Balaban J connectivity index is 2.01. The van der Waals surface area contributed by atoms with Crippen molar-refractivity contribution in [1.29, 1.82) is 0 Å². The standard InChI is InChI=1S/C12H18N2O2/c1-9(2)8-13-11-5-3-4-10(14-11)12-15-6-7-16-12/h3-5,9,12H,6-8H2,1-2H3,(H,13,14). The molecule has 1 aromatic rings. The van der Waals surface area contributed by atoms with Crippen molar-refractivity contribution in [2.24, 2.45) is 5.92 Å². The van der Waals surface area contributed by atoms with Gasteiger partial charge in [-0.3, -0.25) is 0 Å². The van der Waals surface area contributed by atoms with Crippen molar-refractivity contribution in [3.05, 3.63) is 23.9 Å². The van der Waals surface area contributed by atoms with Crippen LogP contribution in [0.4, 0.5) is 5.82 Å². The predicted molar refractivity (Wildman–Crippen MR) is 62.2 cm³/mol. The molecule has 0 spiro atoms. The fourth-order valence-electron chi connectivity index (χ4n) is 1.52. The van der Waals surface area contributed by atoms with Crippen molar-refractivity contribution >= 4 is 5.82 Å². The van der Waals surface area contributed by atoms with Gasteiger partial charge in [-0.15, -0.1) is 0 Å². The van der Waals surface area contributed by atoms with Gasteiger partial charge in [-0.05, 0) is 18.1 Å². The Bertz CT molecular complexity index is 336. The van der Waals surface area contributed by atoms with E-state index < -0.39 is 0 Å². The number of aromatic nitrogens is 1. The first-order chi connectivity index (χ1) is 7.75. The summed E-state index contributed by atoms with van der Waals surface area (Å²) < 4.78 is 10.8. The number of ether oxygens (including phenoxy) is 2. The topological polar surface area (TPSA) is 43.4 Å². The predicted octanol–water partition coefficient (Wildman–Crippen LogP) is 2.19. The molecule has 0 radical (unpaired) electrons. The van der Waals surface area contributed by atoms with Crippen LogP contribution in [-0.4, -0.2) is 24.7 Å². The van der Waals surface area contributed by atoms with E-state index in [0.717, 1.165) is 18.1 Å². The summed E-state index contributed by atoms with van der Waals surface area (Å²) in [6.45, 7) is 6.55. The highest BCUT2D eigenvalue weighted by atomic mass is 16.7. The number of nitrogens with one attached hydrogen (secondary N) is 1. The number of hydrogen-bond donors (Lipinski definition) is 1. The summed E-state index contributed by atoms with van der Waals surface area (Å²) in [5.74, 6) is 1.48. The van der Waals surface area contributed by atoms with Crippen LogP contribution >= 0.6 is 0 Å². The van der Waals surface area contributed by atoms with E-state index in [1.54, 1.807) is 0 Å². The van der Waals surface area contributed by atoms with Crippen LogP contribution in [0.5, 0.6) is 0 Å². The highest BCUT2D eigenvalue weighted by molar-refractivity contribution is 5.35. The van der Waals surface area contributed by atoms with E-state index in [0.29, 0.717) is 19.1 Å². The quantitative estimate of drug-likeness (QED) is 0.848. The van der Waals surface area contributed by atoms with Crippen molar-refractivity contribution in [3.63, 3.8) is 0 Å². The maximum absolute atomic E-state index is 5.41. The molecule has 2 rings (SSSR count). The molecule has 4 nitrogen and oxygen atoms in total. The molecule has 1 aliphatic rings. The first-order valence-corrected chi connectivity index (χ1v) is 5.70. The van der Waals surface area contributed by atoms with Crippen molar-refractivity contribution in [1.82, 2.24) is 4.98 Å². The Morgan fingerprint density at radius 1 is 1.38 bits per heavy atom. The Morgan fingerprint density at radius 2 is 2.12 bits per heavy atom. The summed E-state index contributed by atoms with van der Waals surface area (Å²) >= 11 is 0. The number of pyridine rings is 1. The van der Waals surface area contributed by atoms with Crippen LogP contribution in [0.15, 0.2) is 18.2 Å². The summed E-state index contributed by atoms with van der Waals surface area (Å²) in [5.41, 5.74) is 0.839. The molecule has 1 fully saturated rings. The molecule has 1 saturated heterocycles. The van der Waals surface area contributed by atoms with Crippen LogP contribution < -0.4 is 5.32 Å². The highest BCUT2D eigenvalue weighted by Gasteiger charge is 2.19. The van der Waals surface area contributed by atoms with Crippen LogP contribution in [0, 0.1) is 5.92 Å². The molecule has 0 aromatic carbocycles. The summed E-state index contributed by atoms with van der Waals surface area (Å²) in [6.07, 6.45) is -0.291. The Morgan fingerprint density at radius 3 is 2.81 bits per heavy atom. The largest absolute Gasteiger partial charge is 0.370 e. The maximum Gasteiger partial charge on any atom is 0.201 e. The molecule has 2 heterocycles. The molecule has 0 amide bonds. The van der Waals surface area contributed by atoms with Gasteiger partial charge in [-0.2, -0.15) is 0 Å². The van der Waals surface area contributed by atoms with Gasteiger partial charge in [0.05, 0.1) is 18.9 Å². The second-order valence-electron chi connectivity index (χ2n) is 4.30. The minimum atomic E-state index is -0.291. The molecular formula is C12H18N2O2. The fraction of sp³-hybridized carbons (Fsp3) is 0.583. The molecule has 0 unspecified atom stereocenters. The van der Waals surface area contributed by atoms with Crippen LogP contribution in [0.2, 0.25) is 0 Å². The van der Waals surface area contributed by atoms with Crippen LogP contribution in [-0.2, 0) is 9.47 Å². The van der Waals surface area contributed by atoms with Gasteiger partial charge in [0.2, 0.25) is 6.29 Å². The summed E-state index contributed by atoms with van der Waals surface area (Å²) in [7, 11) is 0. The smallest absolute Gasteiger partial charge is 0.201 e. The molecule has 0 bridgehead atoms. The van der Waals surface area contributed by atoms with Gasteiger partial charge in [-0.1, -0.05) is 19.9 Å². The lowest BCUT2D eigenvalue weighted by Crippen LogP contribution is -2.10.